The Kier molecular flexibility index (Phi) is 43.2. The van der Waals surface area contributed by atoms with Gasteiger partial charge in [-0.3, -0.25) is 44.9 Å². The van der Waals surface area contributed by atoms with Gasteiger partial charge in [0.2, 0.25) is 0 Å². The molecule has 3 heterocycles. The Labute approximate surface area is 952 Å². The van der Waals surface area contributed by atoms with Crippen LogP contribution in [0, 0.1) is 0 Å². The zero-order chi connectivity index (χ0) is 109. The van der Waals surface area contributed by atoms with Crippen LogP contribution in [-0.2, 0) is 123 Å². The molecule has 0 saturated heterocycles. The van der Waals surface area contributed by atoms with Crippen molar-refractivity contribution in [2.75, 3.05) is 0 Å². The largest absolute Gasteiger partial charge is 0.507 e. The molecule has 0 unspecified atom stereocenters. The van der Waals surface area contributed by atoms with Crippen molar-refractivity contribution < 1.29 is 89.1 Å². The molecule has 3 aromatic heterocycles. The molecule has 25 heteroatoms. The van der Waals surface area contributed by atoms with Crippen LogP contribution < -0.4 is 15.9 Å². The molecule has 15 nitrogen and oxygen atoms in total. The molecular formula is C123H150Cl6N9O6PZn3. The van der Waals surface area contributed by atoms with Gasteiger partial charge in [-0.25, -0.2) is 0 Å². The van der Waals surface area contributed by atoms with Crippen LogP contribution in [0.1, 0.15) is 349 Å². The first kappa shape index (κ1) is 128. The number of pyridine rings is 3. The van der Waals surface area contributed by atoms with Gasteiger partial charge < -0.3 is 30.6 Å². The zero-order valence-corrected chi connectivity index (χ0v) is 108. The summed E-state index contributed by atoms with van der Waals surface area (Å²) in [7, 11) is -0.633. The SMILES string of the molecule is CC(C)(C)c1cc(C=Nc2cc(Cl)c(Cl)cc2N=Cc2cc(C(C)(C)C)cc(C(C)(C)C)c2O)c(O)c(C(C)(C)C)c1.CC(C)(C)c1cc(C=Nc2cc(Cl)c(Cl)cc2N=Cc2cc(C(C)(C)C)cc(C(C)(C)C)c2O)c(O)c(C(C)(C)C)c1.CC(C)(C)c1cc(C=Nc2cc(Cl)c(Cl)cc2N=Cc2cc(C(C)(C)C)cc(C(C)(C)C)c2O)c(O)c(C(C)(C)C)c1.[Zn].[Zn].[Zn].c1cncc(P(c2cccnc2)c2cccnc2)c1. The number of aromatic hydroxyl groups is 6. The Morgan fingerprint density at radius 3 is 0.453 bits per heavy atom. The predicted molar refractivity (Wildman–Crippen MR) is 624 cm³/mol. The smallest absolute Gasteiger partial charge is 0.128 e. The van der Waals surface area contributed by atoms with Crippen LogP contribution >= 0.6 is 77.5 Å². The van der Waals surface area contributed by atoms with E-state index >= 15 is 0 Å². The van der Waals surface area contributed by atoms with Crippen LogP contribution in [0.2, 0.25) is 30.1 Å². The molecular weight excluding hydrogens is 2140 g/mol. The molecule has 12 rings (SSSR count). The maximum Gasteiger partial charge on any atom is 0.128 e. The Bertz CT molecular complexity index is 5880. The Morgan fingerprint density at radius 2 is 0.345 bits per heavy atom. The average Bonchev–Trinajstić information content (AvgIpc) is 1.12. The van der Waals surface area contributed by atoms with Crippen LogP contribution in [0.5, 0.6) is 34.5 Å². The van der Waals surface area contributed by atoms with Crippen LogP contribution in [0.3, 0.4) is 0 Å². The summed E-state index contributed by atoms with van der Waals surface area (Å²) in [6.45, 7) is 76.1. The van der Waals surface area contributed by atoms with Crippen molar-refractivity contribution in [1.82, 2.24) is 15.0 Å². The van der Waals surface area contributed by atoms with Gasteiger partial charge in [0.25, 0.3) is 0 Å². The number of halogens is 6. The van der Waals surface area contributed by atoms with Crippen molar-refractivity contribution in [1.29, 1.82) is 0 Å². The van der Waals surface area contributed by atoms with E-state index in [1.165, 1.54) is 15.9 Å². The summed E-state index contributed by atoms with van der Waals surface area (Å²) >= 11 is 38.4. The maximum atomic E-state index is 11.2. The molecule has 776 valence electrons. The number of rotatable bonds is 15. The van der Waals surface area contributed by atoms with Crippen LogP contribution in [0.15, 0.2) is 213 Å². The van der Waals surface area contributed by atoms with E-state index in [0.717, 1.165) is 66.8 Å². The molecule has 0 aliphatic heterocycles. The second-order valence-corrected chi connectivity index (χ2v) is 54.2. The number of nitrogens with zero attached hydrogens (tertiary/aromatic N) is 9. The minimum absolute atomic E-state index is 0. The van der Waals surface area contributed by atoms with Gasteiger partial charge in [-0.15, -0.1) is 0 Å². The van der Waals surface area contributed by atoms with Crippen molar-refractivity contribution >= 4 is 165 Å². The number of benzene rings is 9. The minimum atomic E-state index is -0.633. The van der Waals surface area contributed by atoms with Gasteiger partial charge >= 0.3 is 0 Å². The van der Waals surface area contributed by atoms with E-state index in [2.05, 4.69) is 319 Å². The van der Waals surface area contributed by atoms with E-state index in [9.17, 15) is 30.6 Å². The van der Waals surface area contributed by atoms with Gasteiger partial charge in [0.1, 0.15) is 34.5 Å². The third kappa shape index (κ3) is 34.1. The summed E-state index contributed by atoms with van der Waals surface area (Å²) in [4.78, 5) is 41.1. The Hall–Kier alpha value is -8.71. The molecule has 0 saturated carbocycles. The van der Waals surface area contributed by atoms with E-state index in [1.54, 1.807) is 92.3 Å². The van der Waals surface area contributed by atoms with E-state index in [1.807, 2.05) is 73.2 Å². The molecule has 148 heavy (non-hydrogen) atoms. The minimum Gasteiger partial charge on any atom is -0.507 e. The van der Waals surface area contributed by atoms with E-state index in [0.29, 0.717) is 97.6 Å². The number of hydrogen-bond donors (Lipinski definition) is 6. The standard InChI is InChI=1S/3C36H46Cl2N2O2.C15H12N3P.3Zn/c3*1-33(2,3)23-13-21(31(41)25(15-23)35(7,8)9)19-39-29-17-27(37)28(38)18-30(29)40-20-22-14-24(34(4,5)6)16-26(32(22)42)36(10,11)12;1-4-13(10-16-7-1)19(14-5-2-8-17-11-14)15-6-3-9-18-12-15;;;/h3*13-20,41-42H,1-12H3;1-12H;;;. The number of phenolic OH excluding ortho intramolecular Hbond substituents is 6. The fraction of sp³-hybridized carbons (Fsp3) is 0.390. The van der Waals surface area contributed by atoms with Gasteiger partial charge in [-0.05, 0) is 197 Å². The fourth-order valence-electron chi connectivity index (χ4n) is 15.5. The topological polar surface area (TPSA) is 234 Å². The Balaban J connectivity index is 0.000000308. The third-order valence-electron chi connectivity index (χ3n) is 24.7. The summed E-state index contributed by atoms with van der Waals surface area (Å²) in [5.74, 6) is 1.18. The van der Waals surface area contributed by atoms with Crippen LogP contribution in [0.25, 0.3) is 0 Å². The van der Waals surface area contributed by atoms with Crippen molar-refractivity contribution in [2.24, 2.45) is 30.0 Å². The number of phenols is 6. The van der Waals surface area contributed by atoms with E-state index in [4.69, 9.17) is 99.6 Å². The van der Waals surface area contributed by atoms with Crippen molar-refractivity contribution in [3.8, 4) is 34.5 Å². The summed E-state index contributed by atoms with van der Waals surface area (Å²) in [5.41, 5.74) is 16.0. The van der Waals surface area contributed by atoms with E-state index < -0.39 is 7.92 Å². The molecule has 0 atom stereocenters. The number of hydrogen-bond acceptors (Lipinski definition) is 15. The molecule has 0 fully saturated rings. The Morgan fingerprint density at radius 1 is 0.209 bits per heavy atom. The monoisotopic (exact) mass is 2280 g/mol. The summed E-state index contributed by atoms with van der Waals surface area (Å²) in [5, 5.41) is 73.1. The van der Waals surface area contributed by atoms with Gasteiger partial charge in [0.15, 0.2) is 0 Å². The molecule has 9 aromatic carbocycles. The van der Waals surface area contributed by atoms with E-state index in [-0.39, 0.29) is 158 Å². The van der Waals surface area contributed by atoms with Gasteiger partial charge in [-0.1, -0.05) is 373 Å². The fourth-order valence-corrected chi connectivity index (χ4v) is 18.6. The first-order chi connectivity index (χ1) is 66.4. The van der Waals surface area contributed by atoms with Crippen LogP contribution in [0.4, 0.5) is 34.1 Å². The second-order valence-electron chi connectivity index (χ2n) is 49.6. The second kappa shape index (κ2) is 50.0. The molecule has 0 aliphatic carbocycles. The molecule has 12 aromatic rings. The average molecular weight is 2290 g/mol. The summed E-state index contributed by atoms with van der Waals surface area (Å²) in [6, 6.07) is 46.5. The summed E-state index contributed by atoms with van der Waals surface area (Å²) < 4.78 is 0. The summed E-state index contributed by atoms with van der Waals surface area (Å²) in [6.07, 6.45) is 21.0. The molecule has 0 radical (unpaired) electrons. The quantitative estimate of drug-likeness (QED) is 0.0325. The van der Waals surface area contributed by atoms with Gasteiger partial charge in [0, 0.05) is 216 Å². The molecule has 0 spiro atoms. The van der Waals surface area contributed by atoms with Crippen LogP contribution in [-0.4, -0.2) is 82.9 Å². The molecule has 0 amide bonds. The predicted octanol–water partition coefficient (Wildman–Crippen LogP) is 34.9. The van der Waals surface area contributed by atoms with Crippen molar-refractivity contribution in [2.45, 2.75) is 314 Å². The molecule has 6 N–H and O–H groups in total. The maximum absolute atomic E-state index is 11.2. The number of aromatic nitrogens is 3. The normalized spacial score (nSPS) is 12.8. The third-order valence-corrected chi connectivity index (χ3v) is 29.2. The first-order valence-electron chi connectivity index (χ1n) is 48.9. The van der Waals surface area contributed by atoms with Crippen molar-refractivity contribution in [3.05, 3.63) is 313 Å². The zero-order valence-electron chi connectivity index (χ0n) is 93.8. The van der Waals surface area contributed by atoms with Gasteiger partial charge in [-0.2, -0.15) is 0 Å². The molecule has 0 aliphatic rings. The molecule has 0 bridgehead atoms. The first-order valence-corrected chi connectivity index (χ1v) is 52.6. The van der Waals surface area contributed by atoms with Gasteiger partial charge in [0.05, 0.1) is 64.3 Å². The van der Waals surface area contributed by atoms with Crippen molar-refractivity contribution in [3.63, 3.8) is 0 Å². The number of aliphatic imine (C=N–C) groups is 6.